The van der Waals surface area contributed by atoms with E-state index in [1.807, 2.05) is 20.8 Å². The van der Waals surface area contributed by atoms with Crippen LogP contribution >= 0.6 is 0 Å². The Morgan fingerprint density at radius 3 is 1.98 bits per heavy atom. The van der Waals surface area contributed by atoms with Gasteiger partial charge in [0, 0.05) is 20.6 Å². The van der Waals surface area contributed by atoms with Crippen LogP contribution in [0.4, 0.5) is 4.79 Å². The summed E-state index contributed by atoms with van der Waals surface area (Å²) in [6.45, 7) is 17.2. The van der Waals surface area contributed by atoms with Gasteiger partial charge in [0.15, 0.2) is 0 Å². The first-order valence-corrected chi connectivity index (χ1v) is 18.0. The Hall–Kier alpha value is -4.53. The second kappa shape index (κ2) is 18.5. The molecule has 0 aromatic heterocycles. The highest BCUT2D eigenvalue weighted by Crippen LogP contribution is 2.30. The van der Waals surface area contributed by atoms with Crippen molar-refractivity contribution < 1.29 is 43.0 Å². The van der Waals surface area contributed by atoms with Crippen LogP contribution in [0, 0.1) is 5.41 Å². The normalized spacial score (nSPS) is 17.8. The van der Waals surface area contributed by atoms with Crippen LogP contribution in [0.5, 0.6) is 0 Å². The fraction of sp³-hybridized carbons (Fsp3) is 0.658. The first-order valence-electron chi connectivity index (χ1n) is 18.0. The monoisotopic (exact) mass is 744 g/mol. The minimum absolute atomic E-state index is 0.0912. The van der Waals surface area contributed by atoms with Crippen LogP contribution in [0.25, 0.3) is 0 Å². The number of ketones is 1. The maximum atomic E-state index is 14.2. The van der Waals surface area contributed by atoms with Gasteiger partial charge in [0.05, 0.1) is 24.3 Å². The lowest BCUT2D eigenvalue weighted by Crippen LogP contribution is -2.61. The zero-order valence-electron chi connectivity index (χ0n) is 33.4. The number of rotatable bonds is 14. The third kappa shape index (κ3) is 13.8. The zero-order valence-corrected chi connectivity index (χ0v) is 33.4. The third-order valence-electron chi connectivity index (χ3n) is 8.14. The van der Waals surface area contributed by atoms with E-state index in [1.165, 1.54) is 9.80 Å². The molecule has 1 aliphatic heterocycles. The molecule has 0 bridgehead atoms. The summed E-state index contributed by atoms with van der Waals surface area (Å²) in [5.41, 5.74) is -1.76. The Morgan fingerprint density at radius 2 is 1.47 bits per heavy atom. The zero-order chi connectivity index (χ0) is 40.5. The summed E-state index contributed by atoms with van der Waals surface area (Å²) >= 11 is 0. The summed E-state index contributed by atoms with van der Waals surface area (Å²) in [6.07, 6.45) is -0.752. The molecule has 2 unspecified atom stereocenters. The largest absolute Gasteiger partial charge is 0.444 e. The quantitative estimate of drug-likeness (QED) is 0.207. The van der Waals surface area contributed by atoms with Crippen LogP contribution in [-0.4, -0.2) is 114 Å². The molecule has 15 heteroatoms. The number of carbonyl (C=O) groups excluding carboxylic acids is 7. The van der Waals surface area contributed by atoms with E-state index >= 15 is 0 Å². The summed E-state index contributed by atoms with van der Waals surface area (Å²) in [7, 11) is 3.10. The molecule has 5 atom stereocenters. The first kappa shape index (κ1) is 44.6. The molecule has 1 fully saturated rings. The Morgan fingerprint density at radius 1 is 0.868 bits per heavy atom. The SMILES string of the molecule is CCC[C@H](NC(=O)[C@@H]1C(OC(C)(C)C)CCN1C(=O)[C@@H](NC(=O)OC(C)(C)C)C(C)(C)C)C(=O)C(=O)NCC(=O)NC(C(=O)N(C)C)c1ccccc1. The van der Waals surface area contributed by atoms with Gasteiger partial charge < -0.3 is 40.5 Å². The van der Waals surface area contributed by atoms with Crippen molar-refractivity contribution in [1.29, 1.82) is 0 Å². The number of amides is 6. The maximum Gasteiger partial charge on any atom is 0.408 e. The van der Waals surface area contributed by atoms with Crippen LogP contribution in [0.15, 0.2) is 30.3 Å². The highest BCUT2D eigenvalue weighted by atomic mass is 16.6. The number of carbonyl (C=O) groups is 7. The summed E-state index contributed by atoms with van der Waals surface area (Å²) < 4.78 is 11.6. The van der Waals surface area contributed by atoms with E-state index in [4.69, 9.17) is 9.47 Å². The second-order valence-corrected chi connectivity index (χ2v) is 16.5. The first-order chi connectivity index (χ1) is 24.4. The topological polar surface area (TPSA) is 193 Å². The van der Waals surface area contributed by atoms with Crippen molar-refractivity contribution >= 4 is 41.4 Å². The fourth-order valence-corrected chi connectivity index (χ4v) is 5.76. The lowest BCUT2D eigenvalue weighted by Gasteiger charge is -2.37. The van der Waals surface area contributed by atoms with Gasteiger partial charge in [0.25, 0.3) is 5.91 Å². The average molecular weight is 745 g/mol. The van der Waals surface area contributed by atoms with Gasteiger partial charge in [-0.15, -0.1) is 0 Å². The maximum absolute atomic E-state index is 14.2. The highest BCUT2D eigenvalue weighted by molar-refractivity contribution is 6.38. The lowest BCUT2D eigenvalue weighted by molar-refractivity contribution is -0.149. The molecule has 0 saturated carbocycles. The van der Waals surface area contributed by atoms with E-state index in [9.17, 15) is 33.6 Å². The average Bonchev–Trinajstić information content (AvgIpc) is 3.44. The van der Waals surface area contributed by atoms with Gasteiger partial charge >= 0.3 is 6.09 Å². The molecule has 0 spiro atoms. The van der Waals surface area contributed by atoms with E-state index in [0.717, 1.165) is 0 Å². The number of ether oxygens (including phenoxy) is 2. The molecule has 1 heterocycles. The van der Waals surface area contributed by atoms with Gasteiger partial charge in [-0.1, -0.05) is 64.4 Å². The Labute approximate surface area is 313 Å². The number of hydrogen-bond donors (Lipinski definition) is 4. The molecule has 4 N–H and O–H groups in total. The number of alkyl carbamates (subject to hydrolysis) is 1. The number of benzene rings is 1. The molecule has 53 heavy (non-hydrogen) atoms. The minimum Gasteiger partial charge on any atom is -0.444 e. The van der Waals surface area contributed by atoms with E-state index in [1.54, 1.807) is 92.9 Å². The number of nitrogens with one attached hydrogen (secondary N) is 4. The van der Waals surface area contributed by atoms with Crippen LogP contribution in [0.1, 0.15) is 100 Å². The van der Waals surface area contributed by atoms with Crippen LogP contribution in [-0.2, 0) is 38.2 Å². The molecule has 1 aromatic carbocycles. The van der Waals surface area contributed by atoms with E-state index in [-0.39, 0.29) is 18.9 Å². The van der Waals surface area contributed by atoms with Gasteiger partial charge in [-0.25, -0.2) is 4.79 Å². The lowest BCUT2D eigenvalue weighted by atomic mass is 9.85. The van der Waals surface area contributed by atoms with Crippen LogP contribution in [0.3, 0.4) is 0 Å². The summed E-state index contributed by atoms with van der Waals surface area (Å²) in [6, 6.07) is 4.01. The van der Waals surface area contributed by atoms with E-state index < -0.39 is 88.9 Å². The number of likely N-dealkylation sites (N-methyl/N-ethyl adjacent to an activating group) is 1. The molecular formula is C38H60N6O9. The number of likely N-dealkylation sites (tertiary alicyclic amines) is 1. The van der Waals surface area contributed by atoms with Crippen molar-refractivity contribution in [2.45, 2.75) is 130 Å². The minimum atomic E-state index is -1.28. The molecule has 0 radical (unpaired) electrons. The van der Waals surface area contributed by atoms with Gasteiger partial charge in [0.2, 0.25) is 29.4 Å². The Bertz CT molecular complexity index is 1480. The van der Waals surface area contributed by atoms with Crippen LogP contribution < -0.4 is 21.3 Å². The van der Waals surface area contributed by atoms with E-state index in [0.29, 0.717) is 18.4 Å². The van der Waals surface area contributed by atoms with Gasteiger partial charge in [-0.2, -0.15) is 0 Å². The molecule has 1 aliphatic rings. The molecule has 1 saturated heterocycles. The molecule has 296 valence electrons. The second-order valence-electron chi connectivity index (χ2n) is 16.5. The third-order valence-corrected chi connectivity index (χ3v) is 8.14. The Balaban J connectivity index is 2.28. The number of hydrogen-bond acceptors (Lipinski definition) is 9. The molecule has 1 aromatic rings. The summed E-state index contributed by atoms with van der Waals surface area (Å²) in [4.78, 5) is 96.0. The van der Waals surface area contributed by atoms with Crippen LogP contribution in [0.2, 0.25) is 0 Å². The van der Waals surface area contributed by atoms with Crippen molar-refractivity contribution in [3.63, 3.8) is 0 Å². The van der Waals surface area contributed by atoms with Crippen molar-refractivity contribution in [3.05, 3.63) is 35.9 Å². The summed E-state index contributed by atoms with van der Waals surface area (Å²) in [5.74, 6) is -4.43. The predicted octanol–water partition coefficient (Wildman–Crippen LogP) is 2.63. The molecule has 15 nitrogen and oxygen atoms in total. The molecule has 0 aliphatic carbocycles. The van der Waals surface area contributed by atoms with Crippen molar-refractivity contribution in [1.82, 2.24) is 31.1 Å². The molecule has 2 rings (SSSR count). The highest BCUT2D eigenvalue weighted by Gasteiger charge is 2.48. The fourth-order valence-electron chi connectivity index (χ4n) is 5.76. The Kier molecular flexibility index (Phi) is 15.6. The molecular weight excluding hydrogens is 684 g/mol. The van der Waals surface area contributed by atoms with Crippen molar-refractivity contribution in [2.75, 3.05) is 27.2 Å². The standard InChI is InChI=1S/C38H60N6O9/c1-13-17-24(29(46)32(48)39-22-26(45)41-27(33(49)43(11)12)23-18-15-14-16-19-23)40-31(47)28-25(52-37(5,6)7)20-21-44(28)34(50)30(36(2,3)4)42-35(51)53-38(8,9)10/h14-16,18-19,24-25,27-28,30H,13,17,20-22H2,1-12H3,(H,39,48)(H,40,47)(H,41,45)(H,42,51)/t24-,25?,27?,28-,30+/m0/s1. The van der Waals surface area contributed by atoms with Gasteiger partial charge in [-0.3, -0.25) is 28.8 Å². The van der Waals surface area contributed by atoms with Gasteiger partial charge in [0.1, 0.15) is 23.7 Å². The van der Waals surface area contributed by atoms with Crippen molar-refractivity contribution in [2.24, 2.45) is 5.41 Å². The number of nitrogens with zero attached hydrogens (tertiary/aromatic N) is 2. The predicted molar refractivity (Wildman–Crippen MR) is 198 cm³/mol. The number of Topliss-reactive ketones (excluding diaryl/α,β-unsaturated/α-hetero) is 1. The summed E-state index contributed by atoms with van der Waals surface area (Å²) in [5, 5.41) is 10.3. The smallest absolute Gasteiger partial charge is 0.408 e. The van der Waals surface area contributed by atoms with Crippen molar-refractivity contribution in [3.8, 4) is 0 Å². The van der Waals surface area contributed by atoms with Gasteiger partial charge in [-0.05, 0) is 65.4 Å². The molecule has 6 amide bonds. The van der Waals surface area contributed by atoms with E-state index in [2.05, 4.69) is 21.3 Å².